The number of hydrogen-bond donors (Lipinski definition) is 1. The van der Waals surface area contributed by atoms with Gasteiger partial charge < -0.3 is 10.1 Å². The van der Waals surface area contributed by atoms with Gasteiger partial charge in [0.15, 0.2) is 0 Å². The summed E-state index contributed by atoms with van der Waals surface area (Å²) in [7, 11) is 0. The van der Waals surface area contributed by atoms with Gasteiger partial charge in [-0.3, -0.25) is 9.69 Å². The van der Waals surface area contributed by atoms with E-state index in [-0.39, 0.29) is 12.5 Å². The Bertz CT molecular complexity index is 989. The van der Waals surface area contributed by atoms with Gasteiger partial charge in [0.1, 0.15) is 12.6 Å². The quantitative estimate of drug-likeness (QED) is 0.724. The Morgan fingerprint density at radius 1 is 0.862 bits per heavy atom. The minimum Gasteiger partial charge on any atom is -0.445 e. The zero-order valence-electron chi connectivity index (χ0n) is 16.0. The van der Waals surface area contributed by atoms with Crippen LogP contribution in [0.1, 0.15) is 16.7 Å². The predicted octanol–water partition coefficient (Wildman–Crippen LogP) is 4.39. The number of para-hydroxylation sites is 1. The Morgan fingerprint density at radius 3 is 2.21 bits per heavy atom. The number of benzene rings is 3. The van der Waals surface area contributed by atoms with Gasteiger partial charge in [0.05, 0.1) is 6.54 Å². The van der Waals surface area contributed by atoms with Crippen LogP contribution in [0, 0.1) is 0 Å². The van der Waals surface area contributed by atoms with Crippen molar-refractivity contribution in [3.63, 3.8) is 0 Å². The average molecular weight is 386 g/mol. The molecule has 3 aromatic rings. The zero-order valence-corrected chi connectivity index (χ0v) is 16.0. The molecular weight excluding hydrogens is 364 g/mol. The number of anilines is 1. The number of carbonyl (C=O) groups excluding carboxylic acids is 2. The normalized spacial score (nSPS) is 15.3. The first-order chi connectivity index (χ1) is 14.2. The zero-order chi connectivity index (χ0) is 20.1. The third-order valence-corrected chi connectivity index (χ3v) is 5.03. The van der Waals surface area contributed by atoms with E-state index in [1.165, 1.54) is 4.90 Å². The summed E-state index contributed by atoms with van der Waals surface area (Å²) in [4.78, 5) is 27.4. The Kier molecular flexibility index (Phi) is 5.56. The van der Waals surface area contributed by atoms with Crippen molar-refractivity contribution in [2.45, 2.75) is 25.6 Å². The molecule has 29 heavy (non-hydrogen) atoms. The molecule has 0 saturated carbocycles. The molecule has 0 fully saturated rings. The van der Waals surface area contributed by atoms with E-state index < -0.39 is 12.1 Å². The molecule has 1 N–H and O–H groups in total. The number of hydrogen-bond acceptors (Lipinski definition) is 3. The number of carbonyl (C=O) groups is 2. The van der Waals surface area contributed by atoms with E-state index in [0.29, 0.717) is 18.7 Å². The lowest BCUT2D eigenvalue weighted by Crippen LogP contribution is -2.50. The molecule has 0 aliphatic carbocycles. The molecule has 0 bridgehead atoms. The third kappa shape index (κ3) is 4.46. The van der Waals surface area contributed by atoms with Gasteiger partial charge in [-0.2, -0.15) is 0 Å². The maximum absolute atomic E-state index is 13.0. The highest BCUT2D eigenvalue weighted by Gasteiger charge is 2.35. The molecule has 1 heterocycles. The third-order valence-electron chi connectivity index (χ3n) is 5.03. The Hall–Kier alpha value is -3.60. The average Bonchev–Trinajstić information content (AvgIpc) is 2.78. The molecule has 3 aromatic carbocycles. The highest BCUT2D eigenvalue weighted by molar-refractivity contribution is 5.97. The van der Waals surface area contributed by atoms with Gasteiger partial charge in [0.25, 0.3) is 0 Å². The van der Waals surface area contributed by atoms with Crippen LogP contribution in [0.4, 0.5) is 10.5 Å². The van der Waals surface area contributed by atoms with Crippen molar-refractivity contribution in [2.24, 2.45) is 0 Å². The lowest BCUT2D eigenvalue weighted by Gasteiger charge is -2.35. The van der Waals surface area contributed by atoms with Crippen LogP contribution in [0.25, 0.3) is 0 Å². The molecule has 0 spiro atoms. The number of nitrogens with one attached hydrogen (secondary N) is 1. The summed E-state index contributed by atoms with van der Waals surface area (Å²) >= 11 is 0. The van der Waals surface area contributed by atoms with E-state index in [9.17, 15) is 9.59 Å². The number of nitrogens with zero attached hydrogens (tertiary/aromatic N) is 1. The summed E-state index contributed by atoms with van der Waals surface area (Å²) in [5.41, 5.74) is 3.72. The number of ether oxygens (including phenoxy) is 1. The Labute approximate surface area is 169 Å². The van der Waals surface area contributed by atoms with Crippen LogP contribution in [-0.2, 0) is 29.1 Å². The lowest BCUT2D eigenvalue weighted by atomic mass is 9.94. The van der Waals surface area contributed by atoms with E-state index >= 15 is 0 Å². The van der Waals surface area contributed by atoms with Crippen LogP contribution in [0.2, 0.25) is 0 Å². The van der Waals surface area contributed by atoms with Gasteiger partial charge in [-0.15, -0.1) is 0 Å². The molecule has 4 rings (SSSR count). The van der Waals surface area contributed by atoms with Crippen molar-refractivity contribution in [2.75, 3.05) is 5.32 Å². The van der Waals surface area contributed by atoms with E-state index in [2.05, 4.69) is 5.32 Å². The molecular formula is C24H22N2O3. The van der Waals surface area contributed by atoms with Gasteiger partial charge in [-0.25, -0.2) is 4.79 Å². The monoisotopic (exact) mass is 386 g/mol. The molecule has 0 aromatic heterocycles. The summed E-state index contributed by atoms with van der Waals surface area (Å²) in [5, 5.41) is 2.91. The molecule has 1 aliphatic heterocycles. The van der Waals surface area contributed by atoms with Gasteiger partial charge in [-0.1, -0.05) is 72.8 Å². The Balaban J connectivity index is 1.53. The van der Waals surface area contributed by atoms with E-state index in [1.807, 2.05) is 84.9 Å². The highest BCUT2D eigenvalue weighted by atomic mass is 16.6. The largest absolute Gasteiger partial charge is 0.445 e. The summed E-state index contributed by atoms with van der Waals surface area (Å²) in [6, 6.07) is 26.0. The standard InChI is InChI=1S/C24H22N2O3/c27-23(25-21-13-5-2-6-14-21)22-15-19-11-7-8-12-20(19)16-26(22)24(28)29-17-18-9-3-1-4-10-18/h1-14,22H,15-17H2,(H,25,27). The Morgan fingerprint density at radius 2 is 1.48 bits per heavy atom. The molecule has 5 nitrogen and oxygen atoms in total. The predicted molar refractivity (Wildman–Crippen MR) is 111 cm³/mol. The number of rotatable bonds is 4. The van der Waals surface area contributed by atoms with Crippen LogP contribution in [-0.4, -0.2) is 22.9 Å². The van der Waals surface area contributed by atoms with Crippen molar-refractivity contribution in [1.29, 1.82) is 0 Å². The van der Waals surface area contributed by atoms with E-state index in [1.54, 1.807) is 0 Å². The van der Waals surface area contributed by atoms with Crippen molar-refractivity contribution < 1.29 is 14.3 Å². The first-order valence-corrected chi connectivity index (χ1v) is 9.61. The highest BCUT2D eigenvalue weighted by Crippen LogP contribution is 2.25. The second-order valence-corrected chi connectivity index (χ2v) is 7.01. The maximum atomic E-state index is 13.0. The summed E-state index contributed by atoms with van der Waals surface area (Å²) < 4.78 is 5.52. The van der Waals surface area contributed by atoms with Gasteiger partial charge in [0.2, 0.25) is 5.91 Å². The van der Waals surface area contributed by atoms with E-state index in [4.69, 9.17) is 4.74 Å². The maximum Gasteiger partial charge on any atom is 0.411 e. The van der Waals surface area contributed by atoms with Crippen molar-refractivity contribution in [3.05, 3.63) is 102 Å². The molecule has 1 atom stereocenters. The van der Waals surface area contributed by atoms with Crippen LogP contribution >= 0.6 is 0 Å². The summed E-state index contributed by atoms with van der Waals surface area (Å²) in [6.45, 7) is 0.515. The fourth-order valence-electron chi connectivity index (χ4n) is 3.50. The van der Waals surface area contributed by atoms with Gasteiger partial charge in [0, 0.05) is 12.1 Å². The van der Waals surface area contributed by atoms with Gasteiger partial charge in [-0.05, 0) is 28.8 Å². The molecule has 0 saturated heterocycles. The second-order valence-electron chi connectivity index (χ2n) is 7.01. The molecule has 5 heteroatoms. The minimum atomic E-state index is -0.631. The van der Waals surface area contributed by atoms with Crippen LogP contribution in [0.5, 0.6) is 0 Å². The van der Waals surface area contributed by atoms with E-state index in [0.717, 1.165) is 16.7 Å². The molecule has 1 unspecified atom stereocenters. The lowest BCUT2D eigenvalue weighted by molar-refractivity contribution is -0.121. The second kappa shape index (κ2) is 8.61. The minimum absolute atomic E-state index is 0.171. The summed E-state index contributed by atoms with van der Waals surface area (Å²) in [5.74, 6) is -0.220. The van der Waals surface area contributed by atoms with Crippen molar-refractivity contribution >= 4 is 17.7 Å². The van der Waals surface area contributed by atoms with Crippen molar-refractivity contribution in [3.8, 4) is 0 Å². The number of amides is 2. The van der Waals surface area contributed by atoms with Crippen LogP contribution < -0.4 is 5.32 Å². The first kappa shape index (κ1) is 18.7. The fraction of sp³-hybridized carbons (Fsp3) is 0.167. The topological polar surface area (TPSA) is 58.6 Å². The van der Waals surface area contributed by atoms with Gasteiger partial charge >= 0.3 is 6.09 Å². The van der Waals surface area contributed by atoms with Crippen LogP contribution in [0.3, 0.4) is 0 Å². The fourth-order valence-corrected chi connectivity index (χ4v) is 3.50. The first-order valence-electron chi connectivity index (χ1n) is 9.61. The summed E-state index contributed by atoms with van der Waals surface area (Å²) in [6.07, 6.45) is -0.0356. The molecule has 1 aliphatic rings. The smallest absolute Gasteiger partial charge is 0.411 e. The molecule has 0 radical (unpaired) electrons. The number of fused-ring (bicyclic) bond motifs is 1. The molecule has 2 amide bonds. The van der Waals surface area contributed by atoms with Crippen LogP contribution in [0.15, 0.2) is 84.9 Å². The SMILES string of the molecule is O=C(Nc1ccccc1)C1Cc2ccccc2CN1C(=O)OCc1ccccc1. The van der Waals surface area contributed by atoms with Crippen molar-refractivity contribution in [1.82, 2.24) is 4.90 Å². The molecule has 146 valence electrons.